The van der Waals surface area contributed by atoms with Crippen molar-refractivity contribution >= 4 is 0 Å². The van der Waals surface area contributed by atoms with Crippen molar-refractivity contribution in [3.8, 4) is 0 Å². The highest BCUT2D eigenvalue weighted by Gasteiger charge is 2.66. The van der Waals surface area contributed by atoms with Crippen LogP contribution < -0.4 is 28.3 Å². The predicted molar refractivity (Wildman–Crippen MR) is 186 cm³/mol. The first-order chi connectivity index (χ1) is 21.8. The molecule has 4 aliphatic carbocycles. The van der Waals surface area contributed by atoms with Crippen molar-refractivity contribution in [2.75, 3.05) is 59.1 Å². The summed E-state index contributed by atoms with van der Waals surface area (Å²) in [5.74, 6) is 3.86. The van der Waals surface area contributed by atoms with E-state index >= 15 is 0 Å². The Labute approximate surface area is 276 Å². The molecule has 8 nitrogen and oxygen atoms in total. The van der Waals surface area contributed by atoms with Crippen molar-refractivity contribution in [1.29, 1.82) is 0 Å². The lowest BCUT2D eigenvalue weighted by Crippen LogP contribution is -2.63. The zero-order valence-electron chi connectivity index (χ0n) is 29.5. The fraction of sp³-hybridized carbons (Fsp3) is 1.00. The van der Waals surface area contributed by atoms with Gasteiger partial charge in [-0.1, -0.05) is 20.8 Å². The fourth-order valence-corrected chi connectivity index (χ4v) is 10.9. The van der Waals surface area contributed by atoms with E-state index in [4.69, 9.17) is 37.1 Å². The Hall–Kier alpha value is -0.320. The normalized spacial score (nSPS) is 38.5. The molecule has 0 radical (unpaired) electrons. The standard InChI is InChI=1S/C37H73N5O3/c1-27(10-6-20-42-19-5-4-15-38)30-11-12-31-35-32(26-34(37(30,31)3)45-23-9-18-41)36(2)14-13-29(43-21-7-16-39)24-28(36)25-33(35)44-22-8-17-40/h27-35,42H,4-26,38-41H2,1-3H3/t27-,28+,29-,30?,31+,32+,33-,34+,35+,36+,37-/m1/s1. The highest BCUT2D eigenvalue weighted by molar-refractivity contribution is 5.15. The smallest absolute Gasteiger partial charge is 0.0637 e. The van der Waals surface area contributed by atoms with Gasteiger partial charge in [-0.3, -0.25) is 0 Å². The van der Waals surface area contributed by atoms with Crippen LogP contribution >= 0.6 is 0 Å². The molecule has 0 saturated heterocycles. The topological polar surface area (TPSA) is 144 Å². The van der Waals surface area contributed by atoms with Crippen molar-refractivity contribution < 1.29 is 14.2 Å². The molecule has 8 heteroatoms. The van der Waals surface area contributed by atoms with Crippen LogP contribution in [0.3, 0.4) is 0 Å². The fourth-order valence-electron chi connectivity index (χ4n) is 10.9. The van der Waals surface area contributed by atoms with Gasteiger partial charge in [0.2, 0.25) is 0 Å². The van der Waals surface area contributed by atoms with Gasteiger partial charge in [-0.25, -0.2) is 0 Å². The molecule has 0 aromatic carbocycles. The molecular formula is C37H73N5O3. The first kappa shape index (κ1) is 37.5. The molecule has 0 heterocycles. The first-order valence-electron chi connectivity index (χ1n) is 19.2. The van der Waals surface area contributed by atoms with E-state index in [2.05, 4.69) is 26.1 Å². The number of hydrogen-bond acceptors (Lipinski definition) is 8. The molecule has 1 unspecified atom stereocenters. The van der Waals surface area contributed by atoms with Gasteiger partial charge in [0.25, 0.3) is 0 Å². The van der Waals surface area contributed by atoms with Crippen LogP contribution in [0.25, 0.3) is 0 Å². The summed E-state index contributed by atoms with van der Waals surface area (Å²) in [6.07, 6.45) is 17.1. The van der Waals surface area contributed by atoms with Crippen LogP contribution in [-0.4, -0.2) is 77.4 Å². The van der Waals surface area contributed by atoms with Gasteiger partial charge < -0.3 is 42.5 Å². The van der Waals surface area contributed by atoms with Gasteiger partial charge in [0.05, 0.1) is 18.3 Å². The molecule has 0 aromatic rings. The van der Waals surface area contributed by atoms with E-state index < -0.39 is 0 Å². The molecule has 264 valence electrons. The lowest BCUT2D eigenvalue weighted by molar-refractivity contribution is -0.227. The maximum Gasteiger partial charge on any atom is 0.0637 e. The second kappa shape index (κ2) is 18.4. The quantitative estimate of drug-likeness (QED) is 0.113. The van der Waals surface area contributed by atoms with Gasteiger partial charge in [-0.15, -0.1) is 0 Å². The van der Waals surface area contributed by atoms with Crippen molar-refractivity contribution in [1.82, 2.24) is 5.32 Å². The summed E-state index contributed by atoms with van der Waals surface area (Å²) in [4.78, 5) is 0. The van der Waals surface area contributed by atoms with E-state index in [1.807, 2.05) is 0 Å². The Bertz CT molecular complexity index is 836. The van der Waals surface area contributed by atoms with Gasteiger partial charge in [0, 0.05) is 25.2 Å². The highest BCUT2D eigenvalue weighted by Crippen LogP contribution is 2.69. The Morgan fingerprint density at radius 3 is 2.09 bits per heavy atom. The summed E-state index contributed by atoms with van der Waals surface area (Å²) < 4.78 is 20.3. The molecule has 0 bridgehead atoms. The predicted octanol–water partition coefficient (Wildman–Crippen LogP) is 4.81. The molecule has 0 aromatic heterocycles. The summed E-state index contributed by atoms with van der Waals surface area (Å²) >= 11 is 0. The molecule has 4 aliphatic rings. The van der Waals surface area contributed by atoms with Crippen molar-refractivity contribution in [2.24, 2.45) is 69.3 Å². The second-order valence-electron chi connectivity index (χ2n) is 15.8. The average Bonchev–Trinajstić information content (AvgIpc) is 3.39. The summed E-state index contributed by atoms with van der Waals surface area (Å²) in [7, 11) is 0. The van der Waals surface area contributed by atoms with Crippen molar-refractivity contribution in [2.45, 2.75) is 129 Å². The van der Waals surface area contributed by atoms with Crippen molar-refractivity contribution in [3.63, 3.8) is 0 Å². The Balaban J connectivity index is 1.54. The zero-order chi connectivity index (χ0) is 32.3. The molecular weight excluding hydrogens is 562 g/mol. The molecule has 0 aliphatic heterocycles. The van der Waals surface area contributed by atoms with Crippen LogP contribution in [0.4, 0.5) is 0 Å². The molecule has 9 N–H and O–H groups in total. The van der Waals surface area contributed by atoms with Gasteiger partial charge in [0.15, 0.2) is 0 Å². The van der Waals surface area contributed by atoms with E-state index in [0.717, 1.165) is 78.0 Å². The monoisotopic (exact) mass is 636 g/mol. The molecule has 0 spiro atoms. The summed E-state index contributed by atoms with van der Waals surface area (Å²) in [6.45, 7) is 15.2. The Morgan fingerprint density at radius 1 is 0.711 bits per heavy atom. The Kier molecular flexibility index (Phi) is 15.4. The second-order valence-corrected chi connectivity index (χ2v) is 15.8. The van der Waals surface area contributed by atoms with E-state index in [1.54, 1.807) is 0 Å². The minimum absolute atomic E-state index is 0.172. The van der Waals surface area contributed by atoms with E-state index in [0.29, 0.717) is 78.9 Å². The summed E-state index contributed by atoms with van der Waals surface area (Å²) in [5.41, 5.74) is 23.9. The lowest BCUT2D eigenvalue weighted by Gasteiger charge is -2.65. The van der Waals surface area contributed by atoms with Gasteiger partial charge in [-0.2, -0.15) is 0 Å². The average molecular weight is 636 g/mol. The lowest BCUT2D eigenvalue weighted by atomic mass is 9.43. The molecule has 0 amide bonds. The van der Waals surface area contributed by atoms with Crippen LogP contribution in [0, 0.1) is 46.3 Å². The summed E-state index contributed by atoms with van der Waals surface area (Å²) in [6, 6.07) is 0. The maximum atomic E-state index is 7.00. The molecule has 4 rings (SSSR count). The highest BCUT2D eigenvalue weighted by atomic mass is 16.5. The molecule has 4 fully saturated rings. The minimum atomic E-state index is 0.172. The van der Waals surface area contributed by atoms with Gasteiger partial charge in [0.1, 0.15) is 0 Å². The summed E-state index contributed by atoms with van der Waals surface area (Å²) in [5, 5.41) is 3.66. The van der Waals surface area contributed by atoms with Crippen LogP contribution in [0.1, 0.15) is 111 Å². The zero-order valence-corrected chi connectivity index (χ0v) is 29.5. The SMILES string of the molecule is C[C@H](CCCNCCCCN)C1CC[C@H]2[C@@H]3[C@H](OCCCN)C[C@@H]4C[C@H](OCCCN)CC[C@]4(C)[C@H]3C[C@H](OCCCN)[C@]12C. The number of nitrogens with two attached hydrogens (primary N) is 4. The van der Waals surface area contributed by atoms with Crippen molar-refractivity contribution in [3.05, 3.63) is 0 Å². The number of ether oxygens (including phenoxy) is 3. The number of nitrogens with one attached hydrogen (secondary N) is 1. The largest absolute Gasteiger partial charge is 0.378 e. The molecule has 11 atom stereocenters. The molecule has 45 heavy (non-hydrogen) atoms. The Morgan fingerprint density at radius 2 is 1.38 bits per heavy atom. The van der Waals surface area contributed by atoms with E-state index in [1.165, 1.54) is 51.4 Å². The number of rotatable bonds is 21. The molecule has 4 saturated carbocycles. The number of hydrogen-bond donors (Lipinski definition) is 5. The van der Waals surface area contributed by atoms with Gasteiger partial charge in [-0.05, 0) is 170 Å². The third-order valence-electron chi connectivity index (χ3n) is 13.3. The van der Waals surface area contributed by atoms with E-state index in [-0.39, 0.29) is 5.41 Å². The van der Waals surface area contributed by atoms with Crippen LogP contribution in [0.2, 0.25) is 0 Å². The number of fused-ring (bicyclic) bond motifs is 5. The minimum Gasteiger partial charge on any atom is -0.378 e. The van der Waals surface area contributed by atoms with Gasteiger partial charge >= 0.3 is 0 Å². The first-order valence-corrected chi connectivity index (χ1v) is 19.2. The third-order valence-corrected chi connectivity index (χ3v) is 13.3. The van der Waals surface area contributed by atoms with Crippen LogP contribution in [0.15, 0.2) is 0 Å². The third kappa shape index (κ3) is 8.83. The van der Waals surface area contributed by atoms with Crippen LogP contribution in [0.5, 0.6) is 0 Å². The maximum absolute atomic E-state index is 7.00. The van der Waals surface area contributed by atoms with Crippen LogP contribution in [-0.2, 0) is 14.2 Å². The number of unbranched alkanes of at least 4 members (excludes halogenated alkanes) is 1. The van der Waals surface area contributed by atoms with E-state index in [9.17, 15) is 0 Å².